The van der Waals surface area contributed by atoms with E-state index in [1.54, 1.807) is 6.92 Å². The lowest BCUT2D eigenvalue weighted by Crippen LogP contribution is -2.39. The quantitative estimate of drug-likeness (QED) is 0.0428. The van der Waals surface area contributed by atoms with E-state index in [2.05, 4.69) is 10.6 Å². The predicted molar refractivity (Wildman–Crippen MR) is 196 cm³/mol. The van der Waals surface area contributed by atoms with Crippen molar-refractivity contribution in [3.8, 4) is 11.5 Å². The van der Waals surface area contributed by atoms with Crippen LogP contribution in [0.5, 0.6) is 11.5 Å². The number of aliphatic carboxylic acids is 2. The van der Waals surface area contributed by atoms with Crippen molar-refractivity contribution in [1.29, 1.82) is 0 Å². The fraction of sp³-hybridized carbons (Fsp3) is 0.289. The average Bonchev–Trinajstić information content (AvgIpc) is 3.24. The number of hydrogen-bond donors (Lipinski definition) is 8. The van der Waals surface area contributed by atoms with E-state index in [0.29, 0.717) is 5.57 Å². The molecule has 3 atom stereocenters. The number of aromatic hydroxyl groups is 1. The smallest absolute Gasteiger partial charge is 0.327 e. The maximum Gasteiger partial charge on any atom is 0.327 e. The summed E-state index contributed by atoms with van der Waals surface area (Å²) in [5.74, 6) is -7.80. The van der Waals surface area contributed by atoms with Gasteiger partial charge in [0.2, 0.25) is 12.3 Å². The first kappa shape index (κ1) is 37.4. The molecule has 3 unspecified atom stereocenters. The van der Waals surface area contributed by atoms with Gasteiger partial charge in [-0.3, -0.25) is 28.8 Å². The Balaban J connectivity index is 2.03. The number of anilines is 1. The zero-order valence-corrected chi connectivity index (χ0v) is 29.2. The number of primary amides is 1. The number of fused-ring (bicyclic) bond motifs is 1. The van der Waals surface area contributed by atoms with Gasteiger partial charge >= 0.3 is 11.9 Å². The van der Waals surface area contributed by atoms with Crippen LogP contribution < -0.4 is 32.0 Å². The van der Waals surface area contributed by atoms with Gasteiger partial charge in [0, 0.05) is 40.6 Å². The van der Waals surface area contributed by atoms with Gasteiger partial charge in [-0.1, -0.05) is 11.6 Å². The molecule has 0 fully saturated rings. The van der Waals surface area contributed by atoms with Crippen molar-refractivity contribution in [2.45, 2.75) is 51.9 Å². The minimum Gasteiger partial charge on any atom is -0.504 e. The molecule has 280 valence electrons. The minimum absolute atomic E-state index is 0.0407. The fourth-order valence-electron chi connectivity index (χ4n) is 8.12. The molecule has 0 heterocycles. The molecule has 9 N–H and O–H groups in total. The molecule has 0 spiro atoms. The summed E-state index contributed by atoms with van der Waals surface area (Å²) >= 11 is 0. The largest absolute Gasteiger partial charge is 0.504 e. The van der Waals surface area contributed by atoms with Crippen LogP contribution in [-0.2, 0) is 43.6 Å². The Kier molecular flexibility index (Phi) is 9.60. The molecule has 0 saturated carbocycles. The second-order valence-electron chi connectivity index (χ2n) is 13.4. The number of aliphatic hydroxyl groups is 2. The molecule has 5 aromatic carbocycles. The topological polar surface area (TPSA) is 280 Å². The number of aliphatic hydroxyl groups excluding tert-OH is 2. The van der Waals surface area contributed by atoms with Crippen molar-refractivity contribution in [1.82, 2.24) is 5.32 Å². The van der Waals surface area contributed by atoms with Crippen LogP contribution in [0.4, 0.5) is 5.69 Å². The van der Waals surface area contributed by atoms with E-state index < -0.39 is 90.7 Å². The van der Waals surface area contributed by atoms with Crippen molar-refractivity contribution in [3.05, 3.63) is 66.0 Å². The highest BCUT2D eigenvalue weighted by atomic mass is 16.5. The molecular weight excluding hydrogens is 706 g/mol. The first-order chi connectivity index (χ1) is 25.6. The number of benzene rings is 5. The third kappa shape index (κ3) is 5.57. The lowest BCUT2D eigenvalue weighted by atomic mass is 9.78. The lowest BCUT2D eigenvalue weighted by molar-refractivity contribution is -0.143. The molecule has 2 amide bonds. The van der Waals surface area contributed by atoms with Crippen molar-refractivity contribution < 1.29 is 54.2 Å². The average molecular weight is 742 g/mol. The maximum atomic E-state index is 15.1. The molecule has 0 aliphatic heterocycles. The lowest BCUT2D eigenvalue weighted by Gasteiger charge is -2.26. The molecule has 0 radical (unpaired) electrons. The number of amides is 2. The molecule has 0 bridgehead atoms. The summed E-state index contributed by atoms with van der Waals surface area (Å²) in [5, 5.41) is 58.9. The van der Waals surface area contributed by atoms with Crippen LogP contribution in [0.1, 0.15) is 54.0 Å². The second-order valence-corrected chi connectivity index (χ2v) is 13.4. The number of carbonyl (C=O) groups excluding carboxylic acids is 3. The van der Waals surface area contributed by atoms with E-state index in [4.69, 9.17) is 10.5 Å². The van der Waals surface area contributed by atoms with Crippen LogP contribution in [0, 0.1) is 5.92 Å². The standard InChI is InChI=1S/C38H35N3O13/c1-13-4-18-19(5-15(37(50)51)8-23(39)47)34(48)28-20(41-21(38(52)53)9-40-12-44)6-16(10-42)25-26-17(11-43)7-22(46)29-31(26)32(27(18)30(25)28)33(24(13)14(2)45)36(54-3)35(29)49/h4,6-7,12,15,21,24,41-43,49H,5,8-11H2,1-3H3,(H2,39,47)(H,40,44)(H,50,51)(H,52,53). The Morgan fingerprint density at radius 1 is 0.926 bits per heavy atom. The summed E-state index contributed by atoms with van der Waals surface area (Å²) in [6.07, 6.45) is 0.558. The first-order valence-electron chi connectivity index (χ1n) is 16.7. The summed E-state index contributed by atoms with van der Waals surface area (Å²) in [7, 11) is 1.23. The molecule has 5 aromatic rings. The number of ketones is 1. The Bertz CT molecular complexity index is 2620. The van der Waals surface area contributed by atoms with Gasteiger partial charge in [0.25, 0.3) is 0 Å². The number of allylic oxidation sites excluding steroid dienone is 1. The van der Waals surface area contributed by atoms with Gasteiger partial charge in [-0.05, 0) is 70.6 Å². The highest BCUT2D eigenvalue weighted by Gasteiger charge is 2.37. The number of Topliss-reactive ketones (excluding diaryl/α,β-unsaturated/α-hetero) is 1. The molecule has 1 aliphatic rings. The van der Waals surface area contributed by atoms with Gasteiger partial charge in [0.15, 0.2) is 22.4 Å². The minimum atomic E-state index is -1.54. The van der Waals surface area contributed by atoms with Crippen molar-refractivity contribution >= 4 is 84.9 Å². The van der Waals surface area contributed by atoms with Crippen LogP contribution in [-0.4, -0.2) is 75.3 Å². The zero-order valence-electron chi connectivity index (χ0n) is 29.2. The Hall–Kier alpha value is -6.39. The zero-order chi connectivity index (χ0) is 39.5. The number of hydrogen-bond acceptors (Lipinski definition) is 12. The predicted octanol–water partition coefficient (Wildman–Crippen LogP) is 1.41. The Morgan fingerprint density at radius 3 is 2.09 bits per heavy atom. The molecule has 16 nitrogen and oxygen atoms in total. The van der Waals surface area contributed by atoms with Gasteiger partial charge in [0.1, 0.15) is 11.8 Å². The highest BCUT2D eigenvalue weighted by molar-refractivity contribution is 6.39. The van der Waals surface area contributed by atoms with Gasteiger partial charge in [-0.25, -0.2) is 4.79 Å². The van der Waals surface area contributed by atoms with Crippen LogP contribution >= 0.6 is 0 Å². The number of ether oxygens (including phenoxy) is 1. The number of phenols is 1. The third-order valence-corrected chi connectivity index (χ3v) is 10.2. The molecule has 16 heteroatoms. The maximum absolute atomic E-state index is 15.1. The van der Waals surface area contributed by atoms with Crippen molar-refractivity contribution in [2.24, 2.45) is 11.7 Å². The fourth-order valence-corrected chi connectivity index (χ4v) is 8.12. The third-order valence-electron chi connectivity index (χ3n) is 10.2. The molecule has 54 heavy (non-hydrogen) atoms. The summed E-state index contributed by atoms with van der Waals surface area (Å²) in [5.41, 5.74) is 4.25. The first-order valence-corrected chi connectivity index (χ1v) is 16.7. The number of carbonyl (C=O) groups is 5. The van der Waals surface area contributed by atoms with E-state index in [0.717, 1.165) is 6.07 Å². The number of phenolic OH excluding ortho intramolecular Hbond substituents is 1. The van der Waals surface area contributed by atoms with Gasteiger partial charge < -0.3 is 46.6 Å². The van der Waals surface area contributed by atoms with Crippen molar-refractivity contribution in [3.63, 3.8) is 0 Å². The number of nitrogens with one attached hydrogen (secondary N) is 2. The molecular formula is C38H35N3O13. The molecule has 6 rings (SSSR count). The monoisotopic (exact) mass is 741 g/mol. The summed E-state index contributed by atoms with van der Waals surface area (Å²) in [6, 6.07) is 0.856. The number of carboxylic acids is 2. The molecule has 1 aliphatic carbocycles. The van der Waals surface area contributed by atoms with E-state index in [-0.39, 0.29) is 88.8 Å². The van der Waals surface area contributed by atoms with Crippen molar-refractivity contribution in [2.75, 3.05) is 19.0 Å². The molecule has 0 saturated heterocycles. The van der Waals surface area contributed by atoms with E-state index >= 15 is 4.79 Å². The Morgan fingerprint density at radius 2 is 1.56 bits per heavy atom. The van der Waals surface area contributed by atoms with Crippen LogP contribution in [0.25, 0.3) is 49.2 Å². The normalized spacial score (nSPS) is 15.0. The van der Waals surface area contributed by atoms with E-state index in [1.807, 2.05) is 0 Å². The van der Waals surface area contributed by atoms with E-state index in [9.17, 15) is 54.3 Å². The van der Waals surface area contributed by atoms with Crippen LogP contribution in [0.15, 0.2) is 27.3 Å². The van der Waals surface area contributed by atoms with E-state index in [1.165, 1.54) is 26.2 Å². The summed E-state index contributed by atoms with van der Waals surface area (Å²) in [6.45, 7) is 0.974. The summed E-state index contributed by atoms with van der Waals surface area (Å²) < 4.78 is 5.71. The highest BCUT2D eigenvalue weighted by Crippen LogP contribution is 2.55. The SMILES string of the molecule is COc1c(O)c2c(=O)cc(CO)c3c4c(CO)cc(NC(CNC=O)C(=O)O)c5c(=O)c(CC(CC(N)=O)C(=O)O)c6c(c(c1C(C(C)=O)C(C)=C6)c23)c54. The van der Waals surface area contributed by atoms with Crippen LogP contribution in [0.3, 0.4) is 0 Å². The van der Waals surface area contributed by atoms with Crippen LogP contribution in [0.2, 0.25) is 0 Å². The number of carboxylic acid groups (broad SMARTS) is 2. The molecule has 0 aromatic heterocycles. The number of methoxy groups -OCH3 is 1. The number of nitrogens with two attached hydrogens (primary N) is 1. The number of rotatable bonds is 15. The summed E-state index contributed by atoms with van der Waals surface area (Å²) in [4.78, 5) is 90.7. The van der Waals surface area contributed by atoms with Gasteiger partial charge in [-0.15, -0.1) is 0 Å². The second kappa shape index (κ2) is 13.9. The van der Waals surface area contributed by atoms with Gasteiger partial charge in [0.05, 0.1) is 42.9 Å². The van der Waals surface area contributed by atoms with Gasteiger partial charge in [-0.2, -0.15) is 0 Å². The Labute approximate surface area is 304 Å².